The molecule has 132 valence electrons. The van der Waals surface area contributed by atoms with Gasteiger partial charge in [0.25, 0.3) is 0 Å². The monoisotopic (exact) mass is 400 g/mol. The molecule has 2 rings (SSSR count). The second-order valence-electron chi connectivity index (χ2n) is 6.90. The van der Waals surface area contributed by atoms with Crippen LogP contribution in [0.25, 0.3) is 0 Å². The van der Waals surface area contributed by atoms with E-state index in [9.17, 15) is 14.7 Å². The molecule has 0 saturated carbocycles. The molecule has 1 N–H and O–H groups in total. The van der Waals surface area contributed by atoms with Gasteiger partial charge in [-0.1, -0.05) is 0 Å². The molecule has 1 aliphatic rings. The number of aromatic nitrogens is 1. The average molecular weight is 401 g/mol. The Kier molecular flexibility index (Phi) is 5.08. The normalized spacial score (nSPS) is 23.9. The van der Waals surface area contributed by atoms with Gasteiger partial charge in [0.05, 0.1) is 11.0 Å². The van der Waals surface area contributed by atoms with Crippen LogP contribution >= 0.6 is 15.9 Å². The molecule has 1 amide bonds. The number of rotatable bonds is 3. The molecule has 24 heavy (non-hydrogen) atoms. The number of carbonyl (C=O) groups excluding carboxylic acids is 1. The molecule has 8 heteroatoms. The van der Waals surface area contributed by atoms with Gasteiger partial charge in [-0.15, -0.1) is 0 Å². The molecule has 1 fully saturated rings. The summed E-state index contributed by atoms with van der Waals surface area (Å²) in [7, 11) is 0. The molecule has 1 aliphatic heterocycles. The number of ether oxygens (including phenoxy) is 2. The molecule has 2 atom stereocenters. The quantitative estimate of drug-likeness (QED) is 0.838. The van der Waals surface area contributed by atoms with Crippen LogP contribution in [-0.2, 0) is 9.53 Å². The Labute approximate surface area is 149 Å². The lowest BCUT2D eigenvalue weighted by molar-refractivity contribution is -0.148. The number of carboxylic acid groups (broad SMARTS) is 1. The van der Waals surface area contributed by atoms with Crippen LogP contribution in [0.15, 0.2) is 22.8 Å². The second-order valence-corrected chi connectivity index (χ2v) is 7.76. The fourth-order valence-corrected chi connectivity index (χ4v) is 2.86. The zero-order chi connectivity index (χ0) is 18.1. The first-order chi connectivity index (χ1) is 11.0. The maximum absolute atomic E-state index is 12.4. The molecule has 0 aliphatic carbocycles. The number of aliphatic carboxylic acids is 1. The molecule has 0 unspecified atom stereocenters. The van der Waals surface area contributed by atoms with Crippen molar-refractivity contribution in [2.24, 2.45) is 0 Å². The summed E-state index contributed by atoms with van der Waals surface area (Å²) in [6, 6.07) is 3.53. The molecular formula is C16H21BrN2O5. The summed E-state index contributed by atoms with van der Waals surface area (Å²) in [5.74, 6) is -0.735. The van der Waals surface area contributed by atoms with E-state index in [4.69, 9.17) is 9.47 Å². The third-order valence-corrected chi connectivity index (χ3v) is 4.29. The summed E-state index contributed by atoms with van der Waals surface area (Å²) in [6.45, 7) is 6.81. The van der Waals surface area contributed by atoms with Crippen molar-refractivity contribution in [1.29, 1.82) is 0 Å². The highest BCUT2D eigenvalue weighted by atomic mass is 79.9. The molecule has 0 spiro atoms. The van der Waals surface area contributed by atoms with Crippen molar-refractivity contribution in [3.8, 4) is 5.88 Å². The van der Waals surface area contributed by atoms with E-state index in [1.807, 2.05) is 0 Å². The molecule has 0 bridgehead atoms. The first-order valence-corrected chi connectivity index (χ1v) is 8.33. The number of amides is 1. The summed E-state index contributed by atoms with van der Waals surface area (Å²) < 4.78 is 11.8. The predicted octanol–water partition coefficient (Wildman–Crippen LogP) is 3.08. The Balaban J connectivity index is 2.20. The SMILES string of the molecule is CC(C)(C)OC(=O)N1C[C@H](Oc2ncccc2Br)C[C@@]1(C)C(=O)O. The largest absolute Gasteiger partial charge is 0.480 e. The number of halogens is 1. The van der Waals surface area contributed by atoms with E-state index in [0.717, 1.165) is 0 Å². The van der Waals surface area contributed by atoms with Crippen LogP contribution in [0.1, 0.15) is 34.1 Å². The van der Waals surface area contributed by atoms with Gasteiger partial charge < -0.3 is 14.6 Å². The molecule has 2 heterocycles. The molecule has 1 aromatic heterocycles. The van der Waals surface area contributed by atoms with Gasteiger partial charge in [-0.05, 0) is 55.8 Å². The predicted molar refractivity (Wildman–Crippen MR) is 90.0 cm³/mol. The Bertz CT molecular complexity index is 646. The number of carboxylic acids is 1. The van der Waals surface area contributed by atoms with E-state index >= 15 is 0 Å². The zero-order valence-electron chi connectivity index (χ0n) is 14.1. The minimum atomic E-state index is -1.39. The van der Waals surface area contributed by atoms with Crippen molar-refractivity contribution in [2.45, 2.75) is 51.4 Å². The van der Waals surface area contributed by atoms with E-state index in [0.29, 0.717) is 10.4 Å². The van der Waals surface area contributed by atoms with Crippen LogP contribution in [0.4, 0.5) is 4.79 Å². The van der Waals surface area contributed by atoms with Gasteiger partial charge in [0.15, 0.2) is 0 Å². The first kappa shape index (κ1) is 18.5. The van der Waals surface area contributed by atoms with Crippen molar-refractivity contribution in [2.75, 3.05) is 6.54 Å². The van der Waals surface area contributed by atoms with Crippen LogP contribution in [0.3, 0.4) is 0 Å². The number of hydrogen-bond acceptors (Lipinski definition) is 5. The fraction of sp³-hybridized carbons (Fsp3) is 0.562. The van der Waals surface area contributed by atoms with Crippen molar-refractivity contribution < 1.29 is 24.2 Å². The lowest BCUT2D eigenvalue weighted by atomic mass is 9.99. The first-order valence-electron chi connectivity index (χ1n) is 7.54. The third-order valence-electron chi connectivity index (χ3n) is 3.68. The lowest BCUT2D eigenvalue weighted by Crippen LogP contribution is -2.52. The summed E-state index contributed by atoms with van der Waals surface area (Å²) in [6.07, 6.45) is 0.560. The molecule has 1 aromatic rings. The van der Waals surface area contributed by atoms with Crippen LogP contribution in [-0.4, -0.2) is 50.8 Å². The zero-order valence-corrected chi connectivity index (χ0v) is 15.7. The Morgan fingerprint density at radius 2 is 2.12 bits per heavy atom. The molecule has 7 nitrogen and oxygen atoms in total. The van der Waals surface area contributed by atoms with E-state index in [2.05, 4.69) is 20.9 Å². The van der Waals surface area contributed by atoms with Gasteiger partial charge >= 0.3 is 12.1 Å². The van der Waals surface area contributed by atoms with Crippen molar-refractivity contribution in [3.63, 3.8) is 0 Å². The summed E-state index contributed by atoms with van der Waals surface area (Å²) in [4.78, 5) is 29.5. The minimum Gasteiger partial charge on any atom is -0.480 e. The van der Waals surface area contributed by atoms with Gasteiger partial charge in [0.2, 0.25) is 5.88 Å². The van der Waals surface area contributed by atoms with Gasteiger partial charge in [-0.25, -0.2) is 14.6 Å². The van der Waals surface area contributed by atoms with Gasteiger partial charge in [0, 0.05) is 12.6 Å². The van der Waals surface area contributed by atoms with Crippen molar-refractivity contribution in [1.82, 2.24) is 9.88 Å². The van der Waals surface area contributed by atoms with Crippen molar-refractivity contribution >= 4 is 28.0 Å². The van der Waals surface area contributed by atoms with E-state index in [1.54, 1.807) is 39.1 Å². The second kappa shape index (κ2) is 6.58. The molecule has 0 aromatic carbocycles. The average Bonchev–Trinajstić information content (AvgIpc) is 2.78. The number of hydrogen-bond donors (Lipinski definition) is 1. The lowest BCUT2D eigenvalue weighted by Gasteiger charge is -2.32. The molecule has 0 radical (unpaired) electrons. The Morgan fingerprint density at radius 3 is 2.67 bits per heavy atom. The maximum atomic E-state index is 12.4. The van der Waals surface area contributed by atoms with E-state index < -0.39 is 29.3 Å². The summed E-state index contributed by atoms with van der Waals surface area (Å²) in [5, 5.41) is 9.60. The smallest absolute Gasteiger partial charge is 0.411 e. The van der Waals surface area contributed by atoms with E-state index in [-0.39, 0.29) is 13.0 Å². The number of carbonyl (C=O) groups is 2. The fourth-order valence-electron chi connectivity index (χ4n) is 2.51. The van der Waals surface area contributed by atoms with Gasteiger partial charge in [-0.3, -0.25) is 4.90 Å². The van der Waals surface area contributed by atoms with Crippen LogP contribution in [0.2, 0.25) is 0 Å². The number of likely N-dealkylation sites (tertiary alicyclic amines) is 1. The minimum absolute atomic E-state index is 0.112. The summed E-state index contributed by atoms with van der Waals surface area (Å²) in [5.41, 5.74) is -2.10. The van der Waals surface area contributed by atoms with Crippen LogP contribution < -0.4 is 4.74 Å². The Morgan fingerprint density at radius 1 is 1.46 bits per heavy atom. The van der Waals surface area contributed by atoms with Crippen molar-refractivity contribution in [3.05, 3.63) is 22.8 Å². The standard InChI is InChI=1S/C16H21BrN2O5/c1-15(2,3)24-14(22)19-9-10(8-16(19,4)13(20)21)23-12-11(17)6-5-7-18-12/h5-7,10H,8-9H2,1-4H3,(H,20,21)/t10-,16+/m1/s1. The summed E-state index contributed by atoms with van der Waals surface area (Å²) >= 11 is 3.34. The molecule has 1 saturated heterocycles. The maximum Gasteiger partial charge on any atom is 0.411 e. The molecular weight excluding hydrogens is 380 g/mol. The van der Waals surface area contributed by atoms with Crippen LogP contribution in [0.5, 0.6) is 5.88 Å². The Hall–Kier alpha value is -1.83. The topological polar surface area (TPSA) is 89.0 Å². The van der Waals surface area contributed by atoms with Gasteiger partial charge in [0.1, 0.15) is 17.2 Å². The highest BCUT2D eigenvalue weighted by molar-refractivity contribution is 9.10. The third kappa shape index (κ3) is 3.98. The number of nitrogens with zero attached hydrogens (tertiary/aromatic N) is 2. The van der Waals surface area contributed by atoms with Crippen LogP contribution in [0, 0.1) is 0 Å². The van der Waals surface area contributed by atoms with E-state index in [1.165, 1.54) is 11.8 Å². The highest BCUT2D eigenvalue weighted by Crippen LogP contribution is 2.34. The van der Waals surface area contributed by atoms with Gasteiger partial charge in [-0.2, -0.15) is 0 Å². The number of pyridine rings is 1. The highest BCUT2D eigenvalue weighted by Gasteiger charge is 2.52.